The number of hydrogen-bond donors (Lipinski definition) is 3. The maximum Gasteiger partial charge on any atom is 0.159 e. The summed E-state index contributed by atoms with van der Waals surface area (Å²) in [4.78, 5) is 10.8. The average Bonchev–Trinajstić information content (AvgIpc) is 2.61. The van der Waals surface area contributed by atoms with Gasteiger partial charge in [0.15, 0.2) is 11.6 Å². The van der Waals surface area contributed by atoms with E-state index >= 15 is 0 Å². The number of aromatic nitrogens is 2. The van der Waals surface area contributed by atoms with Crippen molar-refractivity contribution in [3.8, 4) is 0 Å². The summed E-state index contributed by atoms with van der Waals surface area (Å²) >= 11 is 6.16. The number of nitrogen functional groups attached to an aromatic ring is 1. The van der Waals surface area contributed by atoms with Crippen molar-refractivity contribution in [3.63, 3.8) is 0 Å². The van der Waals surface area contributed by atoms with E-state index in [2.05, 4.69) is 25.5 Å². The second-order valence-electron chi connectivity index (χ2n) is 5.47. The molecule has 4 N–H and O–H groups in total. The Balaban J connectivity index is 1.61. The maximum atomic E-state index is 6.17. The van der Waals surface area contributed by atoms with E-state index in [4.69, 9.17) is 22.1 Å². The van der Waals surface area contributed by atoms with Gasteiger partial charge in [0, 0.05) is 26.2 Å². The summed E-state index contributed by atoms with van der Waals surface area (Å²) < 4.78 is 5.34. The number of halogens is 1. The molecule has 0 aliphatic carbocycles. The van der Waals surface area contributed by atoms with Crippen LogP contribution in [-0.4, -0.2) is 54.3 Å². The van der Waals surface area contributed by atoms with Crippen LogP contribution >= 0.6 is 11.6 Å². The number of nitrogens with zero attached hydrogens (tertiary/aromatic N) is 3. The standard InChI is InChI=1S/C16H21ClN6O/c17-12-3-1-2-4-13(12)22-16-14(18)15(20-11-21-16)19-5-6-23-7-9-24-10-8-23/h1-4,11H,5-10,18H2,(H2,19,20,21,22). The van der Waals surface area contributed by atoms with Crippen molar-refractivity contribution in [2.75, 3.05) is 55.8 Å². The van der Waals surface area contributed by atoms with Crippen LogP contribution in [0.5, 0.6) is 0 Å². The Morgan fingerprint density at radius 2 is 1.92 bits per heavy atom. The van der Waals surface area contributed by atoms with Crippen LogP contribution in [-0.2, 0) is 4.74 Å². The minimum atomic E-state index is 0.472. The van der Waals surface area contributed by atoms with Crippen LogP contribution in [0.1, 0.15) is 0 Å². The molecule has 0 spiro atoms. The van der Waals surface area contributed by atoms with Crippen LogP contribution in [0, 0.1) is 0 Å². The molecular weight excluding hydrogens is 328 g/mol. The van der Waals surface area contributed by atoms with Crippen molar-refractivity contribution in [1.82, 2.24) is 14.9 Å². The van der Waals surface area contributed by atoms with Gasteiger partial charge in [-0.2, -0.15) is 0 Å². The third-order valence-corrected chi connectivity index (χ3v) is 4.16. The molecule has 0 atom stereocenters. The molecule has 1 saturated heterocycles. The molecule has 1 aliphatic rings. The number of ether oxygens (including phenoxy) is 1. The second-order valence-corrected chi connectivity index (χ2v) is 5.88. The lowest BCUT2D eigenvalue weighted by Gasteiger charge is -2.26. The lowest BCUT2D eigenvalue weighted by atomic mass is 10.3. The van der Waals surface area contributed by atoms with Gasteiger partial charge in [-0.05, 0) is 12.1 Å². The number of hydrogen-bond acceptors (Lipinski definition) is 7. The van der Waals surface area contributed by atoms with E-state index in [1.807, 2.05) is 24.3 Å². The molecule has 128 valence electrons. The van der Waals surface area contributed by atoms with Gasteiger partial charge in [0.1, 0.15) is 12.0 Å². The smallest absolute Gasteiger partial charge is 0.159 e. The lowest BCUT2D eigenvalue weighted by molar-refractivity contribution is 0.0398. The molecule has 0 amide bonds. The fourth-order valence-corrected chi connectivity index (χ4v) is 2.67. The molecule has 1 aliphatic heterocycles. The van der Waals surface area contributed by atoms with E-state index in [1.165, 1.54) is 6.33 Å². The monoisotopic (exact) mass is 348 g/mol. The number of nitrogens with two attached hydrogens (primary N) is 1. The Morgan fingerprint density at radius 3 is 2.71 bits per heavy atom. The number of benzene rings is 1. The lowest BCUT2D eigenvalue weighted by Crippen LogP contribution is -2.39. The van der Waals surface area contributed by atoms with E-state index in [0.717, 1.165) is 45.1 Å². The normalized spacial score (nSPS) is 15.2. The molecule has 3 rings (SSSR count). The largest absolute Gasteiger partial charge is 0.393 e. The molecule has 0 radical (unpaired) electrons. The number of rotatable bonds is 6. The highest BCUT2D eigenvalue weighted by Gasteiger charge is 2.12. The third kappa shape index (κ3) is 4.25. The van der Waals surface area contributed by atoms with Crippen molar-refractivity contribution in [3.05, 3.63) is 35.6 Å². The maximum absolute atomic E-state index is 6.17. The van der Waals surface area contributed by atoms with Gasteiger partial charge in [-0.3, -0.25) is 4.90 Å². The Bertz CT molecular complexity index is 677. The minimum absolute atomic E-state index is 0.472. The molecule has 2 aromatic rings. The highest BCUT2D eigenvalue weighted by molar-refractivity contribution is 6.33. The molecule has 2 heterocycles. The van der Waals surface area contributed by atoms with Crippen molar-refractivity contribution in [2.45, 2.75) is 0 Å². The van der Waals surface area contributed by atoms with E-state index < -0.39 is 0 Å². The first kappa shape index (κ1) is 16.8. The number of para-hydroxylation sites is 1. The summed E-state index contributed by atoms with van der Waals surface area (Å²) in [6.07, 6.45) is 1.48. The fraction of sp³-hybridized carbons (Fsp3) is 0.375. The topological polar surface area (TPSA) is 88.3 Å². The SMILES string of the molecule is Nc1c(NCCN2CCOCC2)ncnc1Nc1ccccc1Cl. The zero-order chi connectivity index (χ0) is 16.8. The molecular formula is C16H21ClN6O. The molecule has 0 bridgehead atoms. The van der Waals surface area contributed by atoms with E-state index in [-0.39, 0.29) is 0 Å². The number of nitrogens with one attached hydrogen (secondary N) is 2. The van der Waals surface area contributed by atoms with Gasteiger partial charge < -0.3 is 21.1 Å². The van der Waals surface area contributed by atoms with Gasteiger partial charge in [0.2, 0.25) is 0 Å². The summed E-state index contributed by atoms with van der Waals surface area (Å²) in [5.41, 5.74) is 7.40. The predicted molar refractivity (Wildman–Crippen MR) is 96.9 cm³/mol. The Morgan fingerprint density at radius 1 is 1.17 bits per heavy atom. The molecule has 8 heteroatoms. The quantitative estimate of drug-likeness (QED) is 0.737. The van der Waals surface area contributed by atoms with Gasteiger partial charge in [0.25, 0.3) is 0 Å². The van der Waals surface area contributed by atoms with E-state index in [9.17, 15) is 0 Å². The van der Waals surface area contributed by atoms with Crippen molar-refractivity contribution in [1.29, 1.82) is 0 Å². The zero-order valence-electron chi connectivity index (χ0n) is 13.3. The van der Waals surface area contributed by atoms with Gasteiger partial charge in [-0.25, -0.2) is 9.97 Å². The Labute approximate surface area is 146 Å². The Hall–Kier alpha value is -2.09. The van der Waals surface area contributed by atoms with Crippen LogP contribution in [0.3, 0.4) is 0 Å². The zero-order valence-corrected chi connectivity index (χ0v) is 14.1. The van der Waals surface area contributed by atoms with Gasteiger partial charge in [-0.1, -0.05) is 23.7 Å². The fourth-order valence-electron chi connectivity index (χ4n) is 2.48. The van der Waals surface area contributed by atoms with Crippen molar-refractivity contribution < 1.29 is 4.74 Å². The first-order chi connectivity index (χ1) is 11.7. The highest BCUT2D eigenvalue weighted by atomic mass is 35.5. The molecule has 1 aromatic carbocycles. The molecule has 0 saturated carbocycles. The van der Waals surface area contributed by atoms with Crippen LogP contribution in [0.15, 0.2) is 30.6 Å². The minimum Gasteiger partial charge on any atom is -0.393 e. The summed E-state index contributed by atoms with van der Waals surface area (Å²) in [7, 11) is 0. The Kier molecular flexibility index (Phi) is 5.68. The third-order valence-electron chi connectivity index (χ3n) is 3.84. The molecule has 0 unspecified atom stereocenters. The summed E-state index contributed by atoms with van der Waals surface area (Å²) in [5, 5.41) is 7.02. The molecule has 7 nitrogen and oxygen atoms in total. The number of anilines is 4. The first-order valence-corrected chi connectivity index (χ1v) is 8.28. The van der Waals surface area contributed by atoms with Crippen LogP contribution in [0.25, 0.3) is 0 Å². The molecule has 1 aromatic heterocycles. The van der Waals surface area contributed by atoms with Gasteiger partial charge in [-0.15, -0.1) is 0 Å². The summed E-state index contributed by atoms with van der Waals surface area (Å²) in [5.74, 6) is 1.15. The van der Waals surface area contributed by atoms with Crippen LogP contribution in [0.4, 0.5) is 23.0 Å². The van der Waals surface area contributed by atoms with E-state index in [0.29, 0.717) is 22.3 Å². The summed E-state index contributed by atoms with van der Waals surface area (Å²) in [6, 6.07) is 7.45. The van der Waals surface area contributed by atoms with Crippen LogP contribution < -0.4 is 16.4 Å². The second kappa shape index (κ2) is 8.14. The van der Waals surface area contributed by atoms with Crippen LogP contribution in [0.2, 0.25) is 5.02 Å². The highest BCUT2D eigenvalue weighted by Crippen LogP contribution is 2.29. The van der Waals surface area contributed by atoms with Crippen molar-refractivity contribution >= 4 is 34.6 Å². The van der Waals surface area contributed by atoms with Gasteiger partial charge in [0.05, 0.1) is 23.9 Å². The first-order valence-electron chi connectivity index (χ1n) is 7.90. The van der Waals surface area contributed by atoms with Gasteiger partial charge >= 0.3 is 0 Å². The van der Waals surface area contributed by atoms with E-state index in [1.54, 1.807) is 0 Å². The number of morpholine rings is 1. The molecule has 24 heavy (non-hydrogen) atoms. The van der Waals surface area contributed by atoms with Crippen molar-refractivity contribution in [2.24, 2.45) is 0 Å². The summed E-state index contributed by atoms with van der Waals surface area (Å²) in [6.45, 7) is 5.18. The predicted octanol–water partition coefficient (Wildman–Crippen LogP) is 2.20. The average molecular weight is 349 g/mol. The molecule has 1 fully saturated rings.